The van der Waals surface area contributed by atoms with Gasteiger partial charge in [0, 0.05) is 27.6 Å². The summed E-state index contributed by atoms with van der Waals surface area (Å²) in [6.45, 7) is 5.25. The van der Waals surface area contributed by atoms with Gasteiger partial charge >= 0.3 is 0 Å². The molecule has 1 atom stereocenters. The van der Waals surface area contributed by atoms with Crippen molar-refractivity contribution in [1.29, 1.82) is 0 Å². The number of hydrogen-bond acceptors (Lipinski definition) is 2. The number of rotatable bonds is 3. The Kier molecular flexibility index (Phi) is 5.25. The number of nitrogens with one attached hydrogen (secondary N) is 1. The first-order valence-electron chi connectivity index (χ1n) is 6.58. The zero-order chi connectivity index (χ0) is 13.8. The van der Waals surface area contributed by atoms with Gasteiger partial charge in [-0.25, -0.2) is 0 Å². The number of piperidine rings is 1. The van der Waals surface area contributed by atoms with Gasteiger partial charge < -0.3 is 10.2 Å². The van der Waals surface area contributed by atoms with Crippen LogP contribution in [-0.4, -0.2) is 36.5 Å². The molecule has 1 fully saturated rings. The van der Waals surface area contributed by atoms with Crippen LogP contribution in [0.25, 0.3) is 0 Å². The highest BCUT2D eigenvalue weighted by molar-refractivity contribution is 9.10. The van der Waals surface area contributed by atoms with E-state index < -0.39 is 0 Å². The van der Waals surface area contributed by atoms with Gasteiger partial charge in [-0.3, -0.25) is 4.79 Å². The maximum atomic E-state index is 12.2. The molecule has 0 bridgehead atoms. The summed E-state index contributed by atoms with van der Waals surface area (Å²) in [6.07, 6.45) is 2.18. The Hall–Kier alpha value is -0.580. The third-order valence-electron chi connectivity index (χ3n) is 3.41. The quantitative estimate of drug-likeness (QED) is 0.911. The van der Waals surface area contributed by atoms with Crippen LogP contribution in [0.3, 0.4) is 0 Å². The highest BCUT2D eigenvalue weighted by atomic mass is 79.9. The van der Waals surface area contributed by atoms with Crippen molar-refractivity contribution >= 4 is 33.4 Å². The second kappa shape index (κ2) is 6.73. The van der Waals surface area contributed by atoms with E-state index in [9.17, 15) is 4.79 Å². The number of likely N-dealkylation sites (tertiary alicyclic amines) is 1. The summed E-state index contributed by atoms with van der Waals surface area (Å²) >= 11 is 9.32. The van der Waals surface area contributed by atoms with Crippen molar-refractivity contribution < 1.29 is 4.79 Å². The minimum Gasteiger partial charge on any atom is -0.348 e. The summed E-state index contributed by atoms with van der Waals surface area (Å²) < 4.78 is 0.823. The van der Waals surface area contributed by atoms with Crippen LogP contribution in [0.15, 0.2) is 22.7 Å². The molecule has 1 saturated heterocycles. The first-order valence-corrected chi connectivity index (χ1v) is 7.75. The van der Waals surface area contributed by atoms with Gasteiger partial charge in [0.1, 0.15) is 0 Å². The lowest BCUT2D eigenvalue weighted by molar-refractivity contribution is 0.0906. The molecular formula is C14H18BrClN2O. The van der Waals surface area contributed by atoms with E-state index in [2.05, 4.69) is 33.1 Å². The summed E-state index contributed by atoms with van der Waals surface area (Å²) in [4.78, 5) is 14.6. The minimum absolute atomic E-state index is 0.0499. The number of carbonyl (C=O) groups excluding carboxylic acids is 1. The van der Waals surface area contributed by atoms with Gasteiger partial charge in [0.05, 0.1) is 0 Å². The molecule has 1 aliphatic heterocycles. The molecule has 5 heteroatoms. The van der Waals surface area contributed by atoms with E-state index in [0.717, 1.165) is 36.9 Å². The van der Waals surface area contributed by atoms with Crippen LogP contribution in [0.5, 0.6) is 0 Å². The van der Waals surface area contributed by atoms with Crippen molar-refractivity contribution in [3.63, 3.8) is 0 Å². The first kappa shape index (κ1) is 14.8. The van der Waals surface area contributed by atoms with Gasteiger partial charge in [-0.2, -0.15) is 0 Å². The van der Waals surface area contributed by atoms with E-state index in [-0.39, 0.29) is 11.9 Å². The molecule has 1 amide bonds. The van der Waals surface area contributed by atoms with Crippen LogP contribution in [0.2, 0.25) is 5.02 Å². The van der Waals surface area contributed by atoms with Gasteiger partial charge in [0.15, 0.2) is 0 Å². The zero-order valence-corrected chi connectivity index (χ0v) is 13.3. The Morgan fingerprint density at radius 3 is 3.00 bits per heavy atom. The van der Waals surface area contributed by atoms with Gasteiger partial charge in [-0.15, -0.1) is 0 Å². The Morgan fingerprint density at radius 1 is 1.53 bits per heavy atom. The SMILES string of the molecule is CCN1CCCC(NC(=O)c2cc(Cl)cc(Br)c2)C1. The molecule has 2 rings (SSSR count). The van der Waals surface area contributed by atoms with Crippen LogP contribution in [0, 0.1) is 0 Å². The van der Waals surface area contributed by atoms with Crippen molar-refractivity contribution in [1.82, 2.24) is 10.2 Å². The van der Waals surface area contributed by atoms with Crippen LogP contribution in [0.4, 0.5) is 0 Å². The topological polar surface area (TPSA) is 32.3 Å². The maximum absolute atomic E-state index is 12.2. The standard InChI is InChI=1S/C14H18BrClN2O/c1-2-18-5-3-4-13(9-18)17-14(19)10-6-11(15)8-12(16)7-10/h6-8,13H,2-5,9H2,1H3,(H,17,19). The average Bonchev–Trinajstić information content (AvgIpc) is 2.37. The van der Waals surface area contributed by atoms with Crippen LogP contribution >= 0.6 is 27.5 Å². The van der Waals surface area contributed by atoms with Gasteiger partial charge in [-0.05, 0) is 44.1 Å². The van der Waals surface area contributed by atoms with Crippen molar-refractivity contribution in [2.75, 3.05) is 19.6 Å². The Balaban J connectivity index is 2.00. The predicted octanol–water partition coefficient (Wildman–Crippen LogP) is 3.32. The summed E-state index contributed by atoms with van der Waals surface area (Å²) in [5.74, 6) is -0.0499. The molecule has 104 valence electrons. The van der Waals surface area contributed by atoms with Crippen LogP contribution in [-0.2, 0) is 0 Å². The number of carbonyl (C=O) groups is 1. The molecule has 0 aromatic heterocycles. The second-order valence-corrected chi connectivity index (χ2v) is 6.22. The lowest BCUT2D eigenvalue weighted by Crippen LogP contribution is -2.47. The summed E-state index contributed by atoms with van der Waals surface area (Å²) in [5.41, 5.74) is 0.605. The Bertz CT molecular complexity index is 447. The van der Waals surface area contributed by atoms with E-state index in [1.54, 1.807) is 18.2 Å². The number of nitrogens with zero attached hydrogens (tertiary/aromatic N) is 1. The molecule has 0 saturated carbocycles. The van der Waals surface area contributed by atoms with E-state index >= 15 is 0 Å². The summed E-state index contributed by atoms with van der Waals surface area (Å²) in [7, 11) is 0. The molecule has 0 radical (unpaired) electrons. The van der Waals surface area contributed by atoms with Gasteiger partial charge in [-0.1, -0.05) is 34.5 Å². The van der Waals surface area contributed by atoms with E-state index in [1.807, 2.05) is 0 Å². The molecule has 1 aromatic rings. The van der Waals surface area contributed by atoms with Crippen LogP contribution in [0.1, 0.15) is 30.1 Å². The van der Waals surface area contributed by atoms with E-state index in [4.69, 9.17) is 11.6 Å². The fraction of sp³-hybridized carbons (Fsp3) is 0.500. The summed E-state index contributed by atoms with van der Waals surface area (Å²) in [5, 5.41) is 3.66. The van der Waals surface area contributed by atoms with Crippen molar-refractivity contribution in [2.45, 2.75) is 25.8 Å². The lowest BCUT2D eigenvalue weighted by Gasteiger charge is -2.32. The molecule has 1 aliphatic rings. The average molecular weight is 346 g/mol. The highest BCUT2D eigenvalue weighted by Gasteiger charge is 2.21. The fourth-order valence-electron chi connectivity index (χ4n) is 2.41. The fourth-order valence-corrected chi connectivity index (χ4v) is 3.27. The van der Waals surface area contributed by atoms with E-state index in [0.29, 0.717) is 10.6 Å². The molecule has 19 heavy (non-hydrogen) atoms. The second-order valence-electron chi connectivity index (χ2n) is 4.86. The van der Waals surface area contributed by atoms with Crippen LogP contribution < -0.4 is 5.32 Å². The number of hydrogen-bond donors (Lipinski definition) is 1. The monoisotopic (exact) mass is 344 g/mol. The van der Waals surface area contributed by atoms with Crippen molar-refractivity contribution in [3.05, 3.63) is 33.3 Å². The molecule has 1 N–H and O–H groups in total. The number of halogens is 2. The molecule has 0 aliphatic carbocycles. The largest absolute Gasteiger partial charge is 0.348 e. The maximum Gasteiger partial charge on any atom is 0.251 e. The third-order valence-corrected chi connectivity index (χ3v) is 4.09. The summed E-state index contributed by atoms with van der Waals surface area (Å²) in [6, 6.07) is 5.50. The van der Waals surface area contributed by atoms with E-state index in [1.165, 1.54) is 0 Å². The predicted molar refractivity (Wildman–Crippen MR) is 81.8 cm³/mol. The zero-order valence-electron chi connectivity index (χ0n) is 11.0. The first-order chi connectivity index (χ1) is 9.08. The Morgan fingerprint density at radius 2 is 2.32 bits per heavy atom. The smallest absolute Gasteiger partial charge is 0.251 e. The highest BCUT2D eigenvalue weighted by Crippen LogP contribution is 2.20. The lowest BCUT2D eigenvalue weighted by atomic mass is 10.1. The number of likely N-dealkylation sites (N-methyl/N-ethyl adjacent to an activating group) is 1. The van der Waals surface area contributed by atoms with Gasteiger partial charge in [0.2, 0.25) is 0 Å². The van der Waals surface area contributed by atoms with Gasteiger partial charge in [0.25, 0.3) is 5.91 Å². The third kappa shape index (κ3) is 4.20. The van der Waals surface area contributed by atoms with Crippen molar-refractivity contribution in [3.8, 4) is 0 Å². The minimum atomic E-state index is -0.0499. The Labute approximate surface area is 127 Å². The number of amides is 1. The molecule has 3 nitrogen and oxygen atoms in total. The molecular weight excluding hydrogens is 328 g/mol. The molecule has 1 aromatic carbocycles. The molecule has 0 spiro atoms. The number of benzene rings is 1. The molecule has 1 heterocycles. The molecule has 1 unspecified atom stereocenters. The van der Waals surface area contributed by atoms with Crippen molar-refractivity contribution in [2.24, 2.45) is 0 Å². The normalized spacial score (nSPS) is 20.3.